The van der Waals surface area contributed by atoms with Crippen LogP contribution in [0, 0.1) is 33.5 Å². The van der Waals surface area contributed by atoms with Crippen molar-refractivity contribution < 1.29 is 62.4 Å². The van der Waals surface area contributed by atoms with Crippen molar-refractivity contribution in [1.82, 2.24) is 61.0 Å². The third kappa shape index (κ3) is 17.0. The second-order valence-electron chi connectivity index (χ2n) is 29.7. The highest BCUT2D eigenvalue weighted by molar-refractivity contribution is 7.13. The molecule has 28 heteroatoms. The molecule has 0 unspecified atom stereocenters. The minimum absolute atomic E-state index is 0. The van der Waals surface area contributed by atoms with Gasteiger partial charge in [0.2, 0.25) is 29.5 Å². The number of ether oxygens (including phenoxy) is 4. The third-order valence-electron chi connectivity index (χ3n) is 17.8. The number of para-hydroxylation sites is 4. The average Bonchev–Trinajstić information content (AvgIpc) is 1.73. The fraction of sp³-hybridized carbons (Fsp3) is 0.486. The number of carbonyl (C=O) groups is 8. The molecular formula is C72H89N13O13S2. The summed E-state index contributed by atoms with van der Waals surface area (Å²) in [5, 5.41) is 35.4. The van der Waals surface area contributed by atoms with E-state index >= 15 is 0 Å². The Bertz CT molecular complexity index is 4200. The van der Waals surface area contributed by atoms with Gasteiger partial charge in [0.25, 0.3) is 5.95 Å². The van der Waals surface area contributed by atoms with Crippen molar-refractivity contribution >= 4 is 98.1 Å². The Hall–Kier alpha value is -9.57. The molecule has 4 aliphatic rings. The quantitative estimate of drug-likeness (QED) is 0.0417. The zero-order valence-corrected chi connectivity index (χ0v) is 59.2. The zero-order valence-electron chi connectivity index (χ0n) is 57.6. The van der Waals surface area contributed by atoms with E-state index in [4.69, 9.17) is 38.9 Å². The lowest BCUT2D eigenvalue weighted by Crippen LogP contribution is -2.57. The highest BCUT2D eigenvalue weighted by Gasteiger charge is 2.62. The van der Waals surface area contributed by atoms with Gasteiger partial charge in [-0.05, 0) is 129 Å². The summed E-state index contributed by atoms with van der Waals surface area (Å²) in [5.41, 5.74) is -1.75. The van der Waals surface area contributed by atoms with Crippen molar-refractivity contribution in [3.63, 3.8) is 0 Å². The predicted octanol–water partition coefficient (Wildman–Crippen LogP) is 11.5. The first-order valence-electron chi connectivity index (χ1n) is 32.7. The third-order valence-corrected chi connectivity index (χ3v) is 19.5. The van der Waals surface area contributed by atoms with Crippen molar-refractivity contribution in [2.45, 2.75) is 177 Å². The van der Waals surface area contributed by atoms with Gasteiger partial charge in [-0.25, -0.2) is 29.5 Å². The Labute approximate surface area is 588 Å². The first-order valence-corrected chi connectivity index (χ1v) is 34.5. The van der Waals surface area contributed by atoms with E-state index in [0.717, 1.165) is 9.75 Å². The summed E-state index contributed by atoms with van der Waals surface area (Å²) in [6.45, 7) is 28.9. The number of aromatic nitrogens is 8. The molecular weight excluding hydrogens is 1320 g/mol. The molecule has 2 saturated heterocycles. The fourth-order valence-electron chi connectivity index (χ4n) is 12.6. The highest BCUT2D eigenvalue weighted by Crippen LogP contribution is 2.58. The van der Waals surface area contributed by atoms with Crippen molar-refractivity contribution in [2.75, 3.05) is 18.4 Å². The van der Waals surface area contributed by atoms with E-state index in [1.807, 2.05) is 125 Å². The second-order valence-corrected chi connectivity index (χ2v) is 31.6. The van der Waals surface area contributed by atoms with Crippen LogP contribution in [-0.4, -0.2) is 164 Å². The maximum atomic E-state index is 14.6. The standard InChI is InChI=1S/C36H43N9O6S.C35H42N4O7S.CH4/c1-8-20-17-36(20,31(48)40-32-41-43-44-42-32)18-25(46)24-16-21(19-45(24)30(47)28(34(2,3)4)39-33(49)51-35(5,6)7)50-29-27(26-14-11-15-52-26)37-22-12-9-10-13-23(22)38-29;1-8-20-17-35(20,31(42)43)18-25(40)24-16-21(19-39(24)30(41)28(33(2,3)4)38-32(44)46-34(5,6)7)45-29-27(26-14-11-15-47-26)36-22-12-9-10-13-23(22)37-29;/h8-15,20-21,24,28H,1,16-19H2,2-7H3,(H,39,49)(H2,40,41,42,43,44,48);8-15,20-21,24,28H,1,16-19H2,2-7H3,(H,38,44)(H,42,43);1H4/t20-,21-,24+,28-,36-;20-,21-,24+,28-,35-;/m11./s1. The number of carboxylic acids is 1. The van der Waals surface area contributed by atoms with Gasteiger partial charge in [-0.3, -0.25) is 34.1 Å². The number of hydrogen-bond acceptors (Lipinski definition) is 21. The monoisotopic (exact) mass is 1410 g/mol. The summed E-state index contributed by atoms with van der Waals surface area (Å²) >= 11 is 2.97. The fourth-order valence-corrected chi connectivity index (χ4v) is 14.0. The number of carbonyl (C=O) groups excluding carboxylic acids is 7. The summed E-state index contributed by atoms with van der Waals surface area (Å²) in [6, 6.07) is 18.5. The van der Waals surface area contributed by atoms with E-state index in [2.05, 4.69) is 49.7 Å². The van der Waals surface area contributed by atoms with Gasteiger partial charge in [0, 0.05) is 25.7 Å². The van der Waals surface area contributed by atoms with Gasteiger partial charge in [0.1, 0.15) is 46.9 Å². The van der Waals surface area contributed by atoms with Crippen LogP contribution < -0.4 is 25.4 Å². The molecule has 5 N–H and O–H groups in total. The molecule has 2 aliphatic carbocycles. The van der Waals surface area contributed by atoms with E-state index in [0.29, 0.717) is 46.3 Å². The molecule has 2 aliphatic heterocycles. The number of anilines is 1. The number of rotatable bonds is 21. The van der Waals surface area contributed by atoms with Crippen LogP contribution >= 0.6 is 22.7 Å². The normalized spacial score (nSPS) is 22.4. The number of thiophene rings is 2. The topological polar surface area (TPSA) is 342 Å². The number of benzene rings is 2. The summed E-state index contributed by atoms with van der Waals surface area (Å²) in [4.78, 5) is 133. The van der Waals surface area contributed by atoms with E-state index in [1.165, 1.54) is 32.5 Å². The Balaban J connectivity index is 0.000000232. The number of nitrogens with zero attached hydrogens (tertiary/aromatic N) is 9. The van der Waals surface area contributed by atoms with Crippen LogP contribution in [0.4, 0.5) is 15.5 Å². The van der Waals surface area contributed by atoms with Gasteiger partial charge >= 0.3 is 18.2 Å². The van der Waals surface area contributed by atoms with Gasteiger partial charge in [0.15, 0.2) is 11.6 Å². The van der Waals surface area contributed by atoms with Crippen LogP contribution in [0.1, 0.15) is 129 Å². The van der Waals surface area contributed by atoms with Crippen molar-refractivity contribution in [2.24, 2.45) is 33.5 Å². The second kappa shape index (κ2) is 29.3. The van der Waals surface area contributed by atoms with E-state index in [1.54, 1.807) is 53.7 Å². The van der Waals surface area contributed by atoms with Crippen LogP contribution in [0.2, 0.25) is 0 Å². The van der Waals surface area contributed by atoms with E-state index < -0.39 is 105 Å². The van der Waals surface area contributed by atoms with Crippen LogP contribution in [0.3, 0.4) is 0 Å². The van der Waals surface area contributed by atoms with E-state index in [9.17, 15) is 43.5 Å². The molecule has 11 rings (SSSR count). The Morgan fingerprint density at radius 3 is 1.35 bits per heavy atom. The van der Waals surface area contributed by atoms with E-state index in [-0.39, 0.29) is 87.3 Å². The molecule has 26 nitrogen and oxygen atoms in total. The summed E-state index contributed by atoms with van der Waals surface area (Å²) in [7, 11) is 0. The first-order chi connectivity index (χ1) is 46.6. The number of aliphatic carboxylic acids is 1. The summed E-state index contributed by atoms with van der Waals surface area (Å²) in [6.07, 6.45) is 0.846. The first kappa shape index (κ1) is 74.6. The number of aromatic amines is 1. The number of nitrogens with one attached hydrogen (secondary N) is 4. The summed E-state index contributed by atoms with van der Waals surface area (Å²) in [5.74, 6) is -3.28. The van der Waals surface area contributed by atoms with Gasteiger partial charge in [0.05, 0.1) is 67.8 Å². The maximum absolute atomic E-state index is 14.6. The Kier molecular flexibility index (Phi) is 21.9. The number of ketones is 2. The molecule has 532 valence electrons. The maximum Gasteiger partial charge on any atom is 0.408 e. The molecule has 100 heavy (non-hydrogen) atoms. The molecule has 0 bridgehead atoms. The molecule has 7 aromatic rings. The minimum atomic E-state index is -1.25. The van der Waals surface area contributed by atoms with Gasteiger partial charge in [-0.15, -0.1) is 40.9 Å². The number of likely N-dealkylation sites (tertiary alicyclic amines) is 2. The molecule has 5 amide bonds. The van der Waals surface area contributed by atoms with Crippen molar-refractivity contribution in [3.05, 3.63) is 109 Å². The van der Waals surface area contributed by atoms with Crippen molar-refractivity contribution in [1.29, 1.82) is 0 Å². The van der Waals surface area contributed by atoms with Gasteiger partial charge in [-0.2, -0.15) is 5.21 Å². The molecule has 4 fully saturated rings. The molecule has 0 radical (unpaired) electrons. The Morgan fingerprint density at radius 2 is 1.01 bits per heavy atom. The molecule has 10 atom stereocenters. The number of Topliss-reactive ketones (excluding diaryl/α,β-unsaturated/α-hetero) is 2. The van der Waals surface area contributed by atoms with Gasteiger partial charge in [-0.1, -0.05) is 103 Å². The number of allylic oxidation sites excluding steroid dienone is 2. The summed E-state index contributed by atoms with van der Waals surface area (Å²) < 4.78 is 24.0. The minimum Gasteiger partial charge on any atom is -0.481 e. The van der Waals surface area contributed by atoms with Crippen LogP contribution in [0.5, 0.6) is 11.8 Å². The molecule has 7 heterocycles. The number of H-pyrrole nitrogens is 1. The average molecular weight is 1410 g/mol. The number of carboxylic acid groups (broad SMARTS) is 1. The SMILES string of the molecule is C.C=C[C@@H]1C[C@]1(CC(=O)[C@@H]1C[C@@H](Oc2nc3ccccc3nc2-c2cccs2)CN1C(=O)[C@@H](NC(=O)OC(C)(C)C)C(C)(C)C)C(=O)Nc1nn[nH]n1.C=C[C@@H]1C[C@]1(CC(=O)[C@@H]1C[C@@H](Oc2nc3ccccc3nc2-c2cccs2)CN1C(=O)[C@@H](NC(=O)OC(C)(C)C)C(C)(C)C)C(=O)O. The van der Waals surface area contributed by atoms with Crippen LogP contribution in [0.15, 0.2) is 109 Å². The van der Waals surface area contributed by atoms with Crippen molar-refractivity contribution in [3.8, 4) is 32.9 Å². The number of alkyl carbamates (subject to hydrolysis) is 2. The lowest BCUT2D eigenvalue weighted by molar-refractivity contribution is -0.147. The molecule has 0 spiro atoms. The molecule has 5 aromatic heterocycles. The number of fused-ring (bicyclic) bond motifs is 2. The number of hydrogen-bond donors (Lipinski definition) is 5. The Morgan fingerprint density at radius 1 is 0.610 bits per heavy atom. The van der Waals surface area contributed by atoms with Crippen LogP contribution in [-0.2, 0) is 38.2 Å². The van der Waals surface area contributed by atoms with Gasteiger partial charge < -0.3 is 44.5 Å². The number of amides is 5. The predicted molar refractivity (Wildman–Crippen MR) is 378 cm³/mol. The largest absolute Gasteiger partial charge is 0.481 e. The smallest absolute Gasteiger partial charge is 0.408 e. The van der Waals surface area contributed by atoms with Crippen LogP contribution in [0.25, 0.3) is 43.2 Å². The molecule has 2 saturated carbocycles. The zero-order chi connectivity index (χ0) is 71.7. The lowest BCUT2D eigenvalue weighted by atomic mass is 9.85. The number of tetrazole rings is 1. The molecule has 2 aromatic carbocycles. The lowest BCUT2D eigenvalue weighted by Gasteiger charge is -2.36. The highest BCUT2D eigenvalue weighted by atomic mass is 32.1.